The number of fused-ring (bicyclic) bond motifs is 1. The van der Waals surface area contributed by atoms with Gasteiger partial charge >= 0.3 is 0 Å². The third kappa shape index (κ3) is 1.67. The van der Waals surface area contributed by atoms with E-state index in [0.717, 1.165) is 6.07 Å². The Balaban J connectivity index is 2.22. The minimum atomic E-state index is -0.670. The molecule has 3 aromatic rings. The lowest BCUT2D eigenvalue weighted by molar-refractivity contribution is 0.584. The molecule has 0 atom stereocenters. The monoisotopic (exact) mass is 246 g/mol. The van der Waals surface area contributed by atoms with E-state index in [0.29, 0.717) is 11.3 Å². The highest BCUT2D eigenvalue weighted by molar-refractivity contribution is 5.67. The number of hydrogen-bond donors (Lipinski definition) is 1. The van der Waals surface area contributed by atoms with E-state index >= 15 is 0 Å². The number of aromatic nitrogens is 3. The fraction of sp³-hybridized carbons (Fsp3) is 0. The summed E-state index contributed by atoms with van der Waals surface area (Å²) in [6, 6.07) is 6.54. The molecule has 0 bridgehead atoms. The van der Waals surface area contributed by atoms with Crippen LogP contribution in [0.2, 0.25) is 0 Å². The smallest absolute Gasteiger partial charge is 0.182 e. The van der Waals surface area contributed by atoms with Crippen LogP contribution >= 0.6 is 0 Å². The molecule has 90 valence electrons. The normalized spacial score (nSPS) is 11.0. The van der Waals surface area contributed by atoms with Crippen LogP contribution in [0.25, 0.3) is 17.0 Å². The zero-order valence-corrected chi connectivity index (χ0v) is 9.14. The fourth-order valence-corrected chi connectivity index (χ4v) is 1.73. The van der Waals surface area contributed by atoms with Crippen LogP contribution in [-0.4, -0.2) is 14.6 Å². The summed E-state index contributed by atoms with van der Waals surface area (Å²) < 4.78 is 27.7. The average molecular weight is 246 g/mol. The molecule has 2 N–H and O–H groups in total. The van der Waals surface area contributed by atoms with Crippen LogP contribution < -0.4 is 5.73 Å². The maximum atomic E-state index is 13.1. The number of hydrogen-bond acceptors (Lipinski definition) is 3. The molecule has 0 amide bonds. The van der Waals surface area contributed by atoms with E-state index in [-0.39, 0.29) is 11.4 Å². The zero-order chi connectivity index (χ0) is 12.7. The van der Waals surface area contributed by atoms with Crippen molar-refractivity contribution in [2.75, 3.05) is 5.73 Å². The number of nitrogens with two attached hydrogens (primary N) is 1. The molecule has 3 rings (SSSR count). The summed E-state index contributed by atoms with van der Waals surface area (Å²) in [4.78, 5) is 4.16. The summed E-state index contributed by atoms with van der Waals surface area (Å²) in [5.74, 6) is -1.11. The van der Waals surface area contributed by atoms with E-state index < -0.39 is 11.6 Å². The highest BCUT2D eigenvalue weighted by atomic mass is 19.1. The minimum Gasteiger partial charge on any atom is -0.396 e. The van der Waals surface area contributed by atoms with Crippen molar-refractivity contribution in [1.82, 2.24) is 14.6 Å². The quantitative estimate of drug-likeness (QED) is 0.716. The summed E-state index contributed by atoms with van der Waals surface area (Å²) in [6.45, 7) is 0. The number of nitrogen functional groups attached to an aromatic ring is 1. The van der Waals surface area contributed by atoms with Crippen molar-refractivity contribution >= 4 is 11.3 Å². The van der Waals surface area contributed by atoms with E-state index in [2.05, 4.69) is 10.1 Å². The number of anilines is 1. The number of pyridine rings is 1. The largest absolute Gasteiger partial charge is 0.396 e. The van der Waals surface area contributed by atoms with Gasteiger partial charge in [-0.1, -0.05) is 0 Å². The maximum Gasteiger partial charge on any atom is 0.182 e. The van der Waals surface area contributed by atoms with Gasteiger partial charge in [-0.15, -0.1) is 5.10 Å². The first-order chi connectivity index (χ1) is 8.63. The molecule has 0 aliphatic carbocycles. The highest BCUT2D eigenvalue weighted by Gasteiger charge is 2.10. The van der Waals surface area contributed by atoms with Crippen molar-refractivity contribution < 1.29 is 8.78 Å². The van der Waals surface area contributed by atoms with Crippen molar-refractivity contribution in [2.45, 2.75) is 0 Å². The number of rotatable bonds is 1. The Hall–Kier alpha value is -2.50. The first kappa shape index (κ1) is 10.6. The Morgan fingerprint density at radius 2 is 1.83 bits per heavy atom. The molecule has 0 saturated heterocycles. The van der Waals surface area contributed by atoms with Gasteiger partial charge in [0.05, 0.1) is 5.69 Å². The molecular weight excluding hydrogens is 238 g/mol. The topological polar surface area (TPSA) is 56.2 Å². The summed E-state index contributed by atoms with van der Waals surface area (Å²) in [5, 5.41) is 4.12. The van der Waals surface area contributed by atoms with Crippen LogP contribution in [0.15, 0.2) is 36.5 Å². The second-order valence-corrected chi connectivity index (χ2v) is 3.83. The van der Waals surface area contributed by atoms with Crippen molar-refractivity contribution in [3.63, 3.8) is 0 Å². The second kappa shape index (κ2) is 3.76. The van der Waals surface area contributed by atoms with E-state index in [9.17, 15) is 8.78 Å². The van der Waals surface area contributed by atoms with Crippen molar-refractivity contribution in [3.05, 3.63) is 48.2 Å². The lowest BCUT2D eigenvalue weighted by Crippen LogP contribution is -1.92. The molecular formula is C12H8F2N4. The Morgan fingerprint density at radius 3 is 2.50 bits per heavy atom. The zero-order valence-electron chi connectivity index (χ0n) is 9.14. The minimum absolute atomic E-state index is 0.228. The van der Waals surface area contributed by atoms with Gasteiger partial charge in [0, 0.05) is 17.8 Å². The third-order valence-electron chi connectivity index (χ3n) is 2.51. The number of benzene rings is 1. The van der Waals surface area contributed by atoms with Gasteiger partial charge in [-0.05, 0) is 24.3 Å². The molecule has 0 fully saturated rings. The molecule has 0 aliphatic rings. The molecule has 1 aromatic carbocycles. The van der Waals surface area contributed by atoms with Gasteiger partial charge in [0.25, 0.3) is 0 Å². The van der Waals surface area contributed by atoms with Crippen molar-refractivity contribution in [2.24, 2.45) is 0 Å². The molecule has 2 aromatic heterocycles. The maximum absolute atomic E-state index is 13.1. The van der Waals surface area contributed by atoms with Gasteiger partial charge in [0.2, 0.25) is 0 Å². The Morgan fingerprint density at radius 1 is 1.11 bits per heavy atom. The first-order valence-corrected chi connectivity index (χ1v) is 5.21. The van der Waals surface area contributed by atoms with E-state index in [1.54, 1.807) is 18.3 Å². The van der Waals surface area contributed by atoms with Crippen LogP contribution in [0.4, 0.5) is 14.5 Å². The lowest BCUT2D eigenvalue weighted by atomic mass is 10.2. The van der Waals surface area contributed by atoms with Crippen LogP contribution in [0, 0.1) is 11.6 Å². The molecule has 0 spiro atoms. The van der Waals surface area contributed by atoms with E-state index in [1.165, 1.54) is 16.6 Å². The number of nitrogens with zero attached hydrogens (tertiary/aromatic N) is 3. The molecule has 4 nitrogen and oxygen atoms in total. The molecule has 18 heavy (non-hydrogen) atoms. The van der Waals surface area contributed by atoms with Crippen LogP contribution in [0.5, 0.6) is 0 Å². The van der Waals surface area contributed by atoms with Gasteiger partial charge in [0.1, 0.15) is 11.6 Å². The molecule has 0 saturated carbocycles. The molecule has 6 heteroatoms. The fourth-order valence-electron chi connectivity index (χ4n) is 1.73. The molecule has 0 radical (unpaired) electrons. The van der Waals surface area contributed by atoms with Crippen LogP contribution in [0.3, 0.4) is 0 Å². The van der Waals surface area contributed by atoms with Crippen LogP contribution in [-0.2, 0) is 0 Å². The van der Waals surface area contributed by atoms with Gasteiger partial charge in [-0.25, -0.2) is 18.3 Å². The highest BCUT2D eigenvalue weighted by Crippen LogP contribution is 2.20. The van der Waals surface area contributed by atoms with E-state index in [4.69, 9.17) is 5.73 Å². The summed E-state index contributed by atoms with van der Waals surface area (Å²) in [5.41, 5.74) is 6.92. The average Bonchev–Trinajstić information content (AvgIpc) is 2.73. The van der Waals surface area contributed by atoms with Crippen molar-refractivity contribution in [3.8, 4) is 11.4 Å². The van der Waals surface area contributed by atoms with Gasteiger partial charge in [0.15, 0.2) is 11.5 Å². The Kier molecular flexibility index (Phi) is 2.22. The second-order valence-electron chi connectivity index (χ2n) is 3.83. The van der Waals surface area contributed by atoms with Gasteiger partial charge in [-0.2, -0.15) is 0 Å². The molecule has 0 aliphatic heterocycles. The van der Waals surface area contributed by atoms with Gasteiger partial charge < -0.3 is 5.73 Å². The Labute approximate surface area is 101 Å². The first-order valence-electron chi connectivity index (χ1n) is 5.21. The summed E-state index contributed by atoms with van der Waals surface area (Å²) in [6.07, 6.45) is 1.66. The summed E-state index contributed by atoms with van der Waals surface area (Å²) >= 11 is 0. The lowest BCUT2D eigenvalue weighted by Gasteiger charge is -1.95. The molecule has 0 unspecified atom stereocenters. The SMILES string of the molecule is Nc1cccn2nc(-c3cc(F)cc(F)c3)nc12. The van der Waals surface area contributed by atoms with Gasteiger partial charge in [-0.3, -0.25) is 0 Å². The third-order valence-corrected chi connectivity index (χ3v) is 2.51. The predicted octanol–water partition coefficient (Wildman–Crippen LogP) is 2.26. The van der Waals surface area contributed by atoms with Crippen LogP contribution in [0.1, 0.15) is 0 Å². The standard InChI is InChI=1S/C12H8F2N4/c13-8-4-7(5-9(14)6-8)11-16-12-10(15)2-1-3-18(12)17-11/h1-6H,15H2. The summed E-state index contributed by atoms with van der Waals surface area (Å²) in [7, 11) is 0. The number of halogens is 2. The van der Waals surface area contributed by atoms with Crippen molar-refractivity contribution in [1.29, 1.82) is 0 Å². The Bertz CT molecular complexity index is 716. The molecule has 2 heterocycles. The predicted molar refractivity (Wildman–Crippen MR) is 62.8 cm³/mol. The van der Waals surface area contributed by atoms with E-state index in [1.807, 2.05) is 0 Å².